The van der Waals surface area contributed by atoms with E-state index in [1.54, 1.807) is 24.9 Å². The number of amides is 3. The fourth-order valence-electron chi connectivity index (χ4n) is 5.98. The minimum atomic E-state index is -0.870. The van der Waals surface area contributed by atoms with Crippen LogP contribution in [0, 0.1) is 11.7 Å². The summed E-state index contributed by atoms with van der Waals surface area (Å²) in [6.07, 6.45) is 2.53. The first-order chi connectivity index (χ1) is 19.7. The summed E-state index contributed by atoms with van der Waals surface area (Å²) in [6.45, 7) is 6.38. The van der Waals surface area contributed by atoms with Gasteiger partial charge in [-0.3, -0.25) is 14.4 Å². The van der Waals surface area contributed by atoms with Crippen molar-refractivity contribution in [2.45, 2.75) is 70.6 Å². The number of para-hydroxylation sites is 1. The number of aromatic amines is 1. The van der Waals surface area contributed by atoms with Crippen LogP contribution in [0.1, 0.15) is 58.3 Å². The zero-order valence-electron chi connectivity index (χ0n) is 24.1. The number of likely N-dealkylation sites (N-methyl/N-ethyl adjacent to an activating group) is 1. The number of nitrogens with zero attached hydrogens (tertiary/aromatic N) is 3. The maximum atomic E-state index is 14.2. The van der Waals surface area contributed by atoms with E-state index < -0.39 is 12.1 Å². The number of aromatic nitrogens is 2. The number of carbonyl (C=O) groups excluding carboxylic acids is 3. The summed E-state index contributed by atoms with van der Waals surface area (Å²) in [7, 11) is 1.69. The zero-order chi connectivity index (χ0) is 29.3. The largest absolute Gasteiger partial charge is 0.341 e. The normalized spacial score (nSPS) is 22.0. The quantitative estimate of drug-likeness (QED) is 0.406. The highest BCUT2D eigenvalue weighted by atomic mass is 19.1. The van der Waals surface area contributed by atoms with E-state index in [0.717, 1.165) is 23.1 Å². The topological polar surface area (TPSA) is 110 Å². The van der Waals surface area contributed by atoms with Crippen LogP contribution < -0.4 is 10.6 Å². The Morgan fingerprint density at radius 1 is 1.12 bits per heavy atom. The molecule has 41 heavy (non-hydrogen) atoms. The molecule has 0 bridgehead atoms. The molecule has 2 fully saturated rings. The summed E-state index contributed by atoms with van der Waals surface area (Å²) in [5.74, 6) is 0.0430. The SMILES string of the molecule is CN[C@@H](C)C(=O)N[C@H]1CN(C(=O)CC(C)C)CC[C@H]2CC[C@@H](c3nc4c(-c5cccc(F)c5)cccc4[nH]3)N2C1=O. The highest BCUT2D eigenvalue weighted by molar-refractivity contribution is 5.93. The van der Waals surface area contributed by atoms with E-state index in [1.807, 2.05) is 43.0 Å². The molecule has 9 nitrogen and oxygen atoms in total. The van der Waals surface area contributed by atoms with Crippen LogP contribution in [0.15, 0.2) is 42.5 Å². The Labute approximate surface area is 239 Å². The number of imidazole rings is 1. The van der Waals surface area contributed by atoms with E-state index in [4.69, 9.17) is 4.98 Å². The van der Waals surface area contributed by atoms with Crippen LogP contribution in [0.2, 0.25) is 0 Å². The molecule has 2 aromatic carbocycles. The third kappa shape index (κ3) is 5.98. The molecule has 0 unspecified atom stereocenters. The zero-order valence-corrected chi connectivity index (χ0v) is 24.1. The summed E-state index contributed by atoms with van der Waals surface area (Å²) in [5.41, 5.74) is 3.06. The molecule has 2 saturated heterocycles. The summed E-state index contributed by atoms with van der Waals surface area (Å²) in [5, 5.41) is 5.84. The van der Waals surface area contributed by atoms with Gasteiger partial charge in [-0.1, -0.05) is 38.1 Å². The van der Waals surface area contributed by atoms with Crippen molar-refractivity contribution in [3.63, 3.8) is 0 Å². The lowest BCUT2D eigenvalue weighted by Crippen LogP contribution is -2.60. The molecule has 1 aromatic heterocycles. The van der Waals surface area contributed by atoms with Gasteiger partial charge in [-0.25, -0.2) is 9.37 Å². The van der Waals surface area contributed by atoms with Crippen LogP contribution in [-0.2, 0) is 14.4 Å². The van der Waals surface area contributed by atoms with Crippen LogP contribution in [0.4, 0.5) is 4.39 Å². The van der Waals surface area contributed by atoms with Gasteiger partial charge in [0.2, 0.25) is 17.7 Å². The number of rotatable bonds is 7. The van der Waals surface area contributed by atoms with Gasteiger partial charge in [-0.05, 0) is 62.9 Å². The Morgan fingerprint density at radius 3 is 2.63 bits per heavy atom. The number of hydrogen-bond acceptors (Lipinski definition) is 5. The van der Waals surface area contributed by atoms with Crippen molar-refractivity contribution in [3.05, 3.63) is 54.1 Å². The molecule has 2 aliphatic heterocycles. The Balaban J connectivity index is 1.48. The molecule has 0 radical (unpaired) electrons. The number of benzene rings is 2. The molecule has 2 aliphatic rings. The first kappa shape index (κ1) is 28.7. The molecule has 3 aromatic rings. The summed E-state index contributed by atoms with van der Waals surface area (Å²) in [6, 6.07) is 10.4. The van der Waals surface area contributed by atoms with Gasteiger partial charge in [0.25, 0.3) is 0 Å². The van der Waals surface area contributed by atoms with E-state index in [0.29, 0.717) is 37.1 Å². The van der Waals surface area contributed by atoms with Crippen molar-refractivity contribution in [1.29, 1.82) is 0 Å². The van der Waals surface area contributed by atoms with Gasteiger partial charge >= 0.3 is 0 Å². The molecule has 10 heteroatoms. The number of hydrogen-bond donors (Lipinski definition) is 3. The monoisotopic (exact) mass is 562 g/mol. The van der Waals surface area contributed by atoms with Crippen LogP contribution >= 0.6 is 0 Å². The Bertz CT molecular complexity index is 1440. The Morgan fingerprint density at radius 2 is 1.90 bits per heavy atom. The van der Waals surface area contributed by atoms with E-state index >= 15 is 0 Å². The second kappa shape index (κ2) is 12.0. The van der Waals surface area contributed by atoms with E-state index in [2.05, 4.69) is 15.6 Å². The van der Waals surface area contributed by atoms with Gasteiger partial charge < -0.3 is 25.4 Å². The molecule has 3 heterocycles. The summed E-state index contributed by atoms with van der Waals surface area (Å²) < 4.78 is 14.0. The van der Waals surface area contributed by atoms with Gasteiger partial charge in [0.15, 0.2) is 0 Å². The van der Waals surface area contributed by atoms with Crippen LogP contribution in [0.25, 0.3) is 22.2 Å². The minimum absolute atomic E-state index is 0.00104. The molecule has 3 N–H and O–H groups in total. The fourth-order valence-corrected chi connectivity index (χ4v) is 5.98. The minimum Gasteiger partial charge on any atom is -0.341 e. The molecule has 0 spiro atoms. The van der Waals surface area contributed by atoms with Crippen LogP contribution in [0.5, 0.6) is 0 Å². The second-order valence-electron chi connectivity index (χ2n) is 11.6. The maximum absolute atomic E-state index is 14.2. The summed E-state index contributed by atoms with van der Waals surface area (Å²) in [4.78, 5) is 52.2. The average molecular weight is 563 g/mol. The number of H-pyrrole nitrogens is 1. The third-order valence-electron chi connectivity index (χ3n) is 8.25. The molecule has 218 valence electrons. The van der Waals surface area contributed by atoms with Crippen molar-refractivity contribution in [3.8, 4) is 11.1 Å². The van der Waals surface area contributed by atoms with Crippen LogP contribution in [0.3, 0.4) is 0 Å². The molecule has 4 atom stereocenters. The standard InChI is InChI=1S/C31H39FN6O3/c1-18(2)15-27(39)37-14-13-22-11-12-26(38(22)31(41)25(17-37)35-30(40)19(3)33-4)29-34-24-10-6-9-23(28(24)36-29)20-7-5-8-21(32)16-20/h5-10,16,18-19,22,25-26,33H,11-15,17H2,1-4H3,(H,34,36)(H,35,40)/t19-,22+,25-,26-/m0/s1. The van der Waals surface area contributed by atoms with Crippen molar-refractivity contribution in [2.24, 2.45) is 5.92 Å². The number of fused-ring (bicyclic) bond motifs is 2. The predicted molar refractivity (Wildman–Crippen MR) is 155 cm³/mol. The van der Waals surface area contributed by atoms with Gasteiger partial charge in [0.05, 0.1) is 23.1 Å². The lowest BCUT2D eigenvalue weighted by Gasteiger charge is -2.39. The Kier molecular flexibility index (Phi) is 8.40. The predicted octanol–water partition coefficient (Wildman–Crippen LogP) is 3.77. The Hall–Kier alpha value is -3.79. The first-order valence-electron chi connectivity index (χ1n) is 14.5. The van der Waals surface area contributed by atoms with Crippen molar-refractivity contribution < 1.29 is 18.8 Å². The molecule has 3 amide bonds. The number of halogens is 1. The number of nitrogens with one attached hydrogen (secondary N) is 3. The van der Waals surface area contributed by atoms with Crippen LogP contribution in [-0.4, -0.2) is 75.8 Å². The first-order valence-corrected chi connectivity index (χ1v) is 14.5. The van der Waals surface area contributed by atoms with Crippen molar-refractivity contribution >= 4 is 28.8 Å². The molecule has 5 rings (SSSR count). The second-order valence-corrected chi connectivity index (χ2v) is 11.6. The molecule has 0 saturated carbocycles. The number of carbonyl (C=O) groups is 3. The highest BCUT2D eigenvalue weighted by Gasteiger charge is 2.44. The van der Waals surface area contributed by atoms with E-state index in [9.17, 15) is 18.8 Å². The third-order valence-corrected chi connectivity index (χ3v) is 8.25. The van der Waals surface area contributed by atoms with Gasteiger partial charge in [0, 0.05) is 31.1 Å². The summed E-state index contributed by atoms with van der Waals surface area (Å²) >= 11 is 0. The molecular weight excluding hydrogens is 523 g/mol. The van der Waals surface area contributed by atoms with E-state index in [1.165, 1.54) is 12.1 Å². The van der Waals surface area contributed by atoms with Crippen molar-refractivity contribution in [2.75, 3.05) is 20.1 Å². The molecular formula is C31H39FN6O3. The maximum Gasteiger partial charge on any atom is 0.247 e. The smallest absolute Gasteiger partial charge is 0.247 e. The lowest BCUT2D eigenvalue weighted by atomic mass is 10.0. The lowest BCUT2D eigenvalue weighted by molar-refractivity contribution is -0.144. The van der Waals surface area contributed by atoms with Crippen molar-refractivity contribution in [1.82, 2.24) is 30.4 Å². The van der Waals surface area contributed by atoms with E-state index in [-0.39, 0.29) is 48.1 Å². The average Bonchev–Trinajstić information content (AvgIpc) is 3.56. The molecule has 0 aliphatic carbocycles. The highest BCUT2D eigenvalue weighted by Crippen LogP contribution is 2.39. The van der Waals surface area contributed by atoms with Gasteiger partial charge in [-0.15, -0.1) is 0 Å². The van der Waals surface area contributed by atoms with Gasteiger partial charge in [0.1, 0.15) is 17.7 Å². The fraction of sp³-hybridized carbons (Fsp3) is 0.484. The van der Waals surface area contributed by atoms with Gasteiger partial charge in [-0.2, -0.15) is 0 Å².